The molecule has 0 aliphatic heterocycles. The van der Waals surface area contributed by atoms with Gasteiger partial charge in [0.15, 0.2) is 5.65 Å². The smallest absolute Gasteiger partial charge is 0.268 e. The third-order valence-corrected chi connectivity index (χ3v) is 6.04. The minimum Gasteiger partial charge on any atom is -0.351 e. The standard InChI is InChI=1S/C27H28N6O2.C2H6/c1-3-13-28-27(35)23-15-21-24(29-16-30-25(21)33(23)20-7-5-4-6-8-20)32-22-14-18(10-9-17(22)2)26(34)31-19-11-12-19;1-2/h4-10,14-16,19H,3,11-13H2,1-2H3,(H,28,35)(H,31,34)(H,29,30,32);1-2H3. The first-order valence-corrected chi connectivity index (χ1v) is 12.9. The number of aryl methyl sites for hydroxylation is 1. The molecule has 3 N–H and O–H groups in total. The van der Waals surface area contributed by atoms with Gasteiger partial charge in [-0.25, -0.2) is 9.97 Å². The summed E-state index contributed by atoms with van der Waals surface area (Å²) in [5, 5.41) is 10.1. The number of para-hydroxylation sites is 1. The molecule has 8 nitrogen and oxygen atoms in total. The zero-order valence-electron chi connectivity index (χ0n) is 21.8. The zero-order chi connectivity index (χ0) is 26.4. The molecule has 2 heterocycles. The van der Waals surface area contributed by atoms with Crippen LogP contribution in [0.2, 0.25) is 0 Å². The summed E-state index contributed by atoms with van der Waals surface area (Å²) in [5.74, 6) is 0.320. The molecule has 192 valence electrons. The van der Waals surface area contributed by atoms with Gasteiger partial charge in [0.05, 0.1) is 5.39 Å². The molecule has 1 aliphatic rings. The van der Waals surface area contributed by atoms with E-state index in [0.717, 1.165) is 36.2 Å². The fraction of sp³-hybridized carbons (Fsp3) is 0.310. The van der Waals surface area contributed by atoms with E-state index in [9.17, 15) is 9.59 Å². The molecule has 4 aromatic rings. The molecule has 37 heavy (non-hydrogen) atoms. The molecule has 1 fully saturated rings. The predicted molar refractivity (Wildman–Crippen MR) is 148 cm³/mol. The van der Waals surface area contributed by atoms with E-state index in [1.165, 1.54) is 6.33 Å². The lowest BCUT2D eigenvalue weighted by Gasteiger charge is -2.12. The third kappa shape index (κ3) is 5.80. The van der Waals surface area contributed by atoms with Crippen LogP contribution in [0.1, 0.15) is 66.4 Å². The zero-order valence-corrected chi connectivity index (χ0v) is 21.8. The van der Waals surface area contributed by atoms with Crippen molar-refractivity contribution in [1.29, 1.82) is 0 Å². The fourth-order valence-corrected chi connectivity index (χ4v) is 3.97. The molecule has 0 radical (unpaired) electrons. The van der Waals surface area contributed by atoms with E-state index < -0.39 is 0 Å². The van der Waals surface area contributed by atoms with Gasteiger partial charge in [-0.3, -0.25) is 14.2 Å². The molecule has 1 saturated carbocycles. The number of fused-ring (bicyclic) bond motifs is 1. The van der Waals surface area contributed by atoms with Gasteiger partial charge in [-0.05, 0) is 62.1 Å². The Hall–Kier alpha value is -4.20. The van der Waals surface area contributed by atoms with Crippen molar-refractivity contribution in [2.75, 3.05) is 11.9 Å². The molecule has 0 spiro atoms. The first kappa shape index (κ1) is 25.9. The van der Waals surface area contributed by atoms with Crippen LogP contribution in [0.5, 0.6) is 0 Å². The van der Waals surface area contributed by atoms with Crippen molar-refractivity contribution in [3.63, 3.8) is 0 Å². The molecule has 0 saturated heterocycles. The summed E-state index contributed by atoms with van der Waals surface area (Å²) in [7, 11) is 0. The Morgan fingerprint density at radius 2 is 1.76 bits per heavy atom. The summed E-state index contributed by atoms with van der Waals surface area (Å²) in [6, 6.07) is 17.4. The van der Waals surface area contributed by atoms with Crippen molar-refractivity contribution in [3.05, 3.63) is 77.7 Å². The van der Waals surface area contributed by atoms with Gasteiger partial charge in [0.1, 0.15) is 17.8 Å². The Kier molecular flexibility index (Phi) is 8.18. The van der Waals surface area contributed by atoms with Gasteiger partial charge < -0.3 is 16.0 Å². The van der Waals surface area contributed by atoms with Crippen molar-refractivity contribution in [3.8, 4) is 5.69 Å². The van der Waals surface area contributed by atoms with Gasteiger partial charge in [0.25, 0.3) is 11.8 Å². The number of hydrogen-bond acceptors (Lipinski definition) is 5. The largest absolute Gasteiger partial charge is 0.351 e. The summed E-state index contributed by atoms with van der Waals surface area (Å²) < 4.78 is 1.85. The molecule has 0 atom stereocenters. The van der Waals surface area contributed by atoms with E-state index in [1.807, 2.05) is 86.9 Å². The Morgan fingerprint density at radius 3 is 2.46 bits per heavy atom. The molecule has 2 aromatic carbocycles. The molecule has 8 heteroatoms. The lowest BCUT2D eigenvalue weighted by molar-refractivity contribution is 0.0940. The topological polar surface area (TPSA) is 101 Å². The van der Waals surface area contributed by atoms with Gasteiger partial charge in [-0.15, -0.1) is 0 Å². The molecular weight excluding hydrogens is 464 g/mol. The Labute approximate surface area is 217 Å². The Morgan fingerprint density at radius 1 is 1.00 bits per heavy atom. The second-order valence-corrected chi connectivity index (χ2v) is 8.82. The second-order valence-electron chi connectivity index (χ2n) is 8.82. The fourth-order valence-electron chi connectivity index (χ4n) is 3.97. The highest BCUT2D eigenvalue weighted by Gasteiger charge is 2.24. The number of carbonyl (C=O) groups is 2. The number of amides is 2. The summed E-state index contributed by atoms with van der Waals surface area (Å²) in [6.45, 7) is 8.57. The molecule has 1 aliphatic carbocycles. The summed E-state index contributed by atoms with van der Waals surface area (Å²) in [4.78, 5) is 34.6. The highest BCUT2D eigenvalue weighted by Crippen LogP contribution is 2.30. The first-order valence-electron chi connectivity index (χ1n) is 12.9. The highest BCUT2D eigenvalue weighted by atomic mass is 16.2. The summed E-state index contributed by atoms with van der Waals surface area (Å²) in [5.41, 5.74) is 4.29. The number of rotatable bonds is 8. The number of hydrogen-bond donors (Lipinski definition) is 3. The van der Waals surface area contributed by atoms with Gasteiger partial charge in [0.2, 0.25) is 0 Å². The molecule has 0 unspecified atom stereocenters. The highest BCUT2D eigenvalue weighted by molar-refractivity contribution is 6.02. The average molecular weight is 499 g/mol. The molecule has 2 amide bonds. The number of aromatic nitrogens is 3. The minimum atomic E-state index is -0.172. The monoisotopic (exact) mass is 498 g/mol. The van der Waals surface area contributed by atoms with Crippen LogP contribution in [0.4, 0.5) is 11.5 Å². The van der Waals surface area contributed by atoms with Gasteiger partial charge >= 0.3 is 0 Å². The first-order chi connectivity index (χ1) is 18.0. The van der Waals surface area contributed by atoms with Gasteiger partial charge in [0, 0.05) is 29.5 Å². The van der Waals surface area contributed by atoms with E-state index in [0.29, 0.717) is 34.7 Å². The van der Waals surface area contributed by atoms with Crippen LogP contribution in [0, 0.1) is 6.92 Å². The second kappa shape index (κ2) is 11.7. The van der Waals surface area contributed by atoms with Gasteiger partial charge in [-0.2, -0.15) is 0 Å². The molecule has 0 bridgehead atoms. The molecule has 2 aromatic heterocycles. The third-order valence-electron chi connectivity index (χ3n) is 6.04. The maximum absolute atomic E-state index is 13.1. The summed E-state index contributed by atoms with van der Waals surface area (Å²) >= 11 is 0. The van der Waals surface area contributed by atoms with E-state index in [1.54, 1.807) is 0 Å². The number of anilines is 2. The normalized spacial score (nSPS) is 12.4. The lowest BCUT2D eigenvalue weighted by atomic mass is 10.1. The van der Waals surface area contributed by atoms with E-state index in [4.69, 9.17) is 0 Å². The Balaban J connectivity index is 0.00000156. The van der Waals surface area contributed by atoms with Crippen molar-refractivity contribution in [2.45, 2.75) is 53.0 Å². The van der Waals surface area contributed by atoms with E-state index >= 15 is 0 Å². The SMILES string of the molecule is CC.CCCNC(=O)c1cc2c(Nc3cc(C(=O)NC4CC4)ccc3C)ncnc2n1-c1ccccc1. The van der Waals surface area contributed by atoms with Gasteiger partial charge in [-0.1, -0.05) is 45.0 Å². The van der Waals surface area contributed by atoms with Crippen LogP contribution in [-0.4, -0.2) is 38.9 Å². The maximum atomic E-state index is 13.1. The number of nitrogens with zero attached hydrogens (tertiary/aromatic N) is 3. The number of nitrogens with one attached hydrogen (secondary N) is 3. The van der Waals surface area contributed by atoms with Crippen LogP contribution in [-0.2, 0) is 0 Å². The van der Waals surface area contributed by atoms with Crippen LogP contribution >= 0.6 is 0 Å². The van der Waals surface area contributed by atoms with Crippen LogP contribution in [0.25, 0.3) is 16.7 Å². The van der Waals surface area contributed by atoms with Crippen LogP contribution in [0.3, 0.4) is 0 Å². The van der Waals surface area contributed by atoms with Crippen LogP contribution < -0.4 is 16.0 Å². The van der Waals surface area contributed by atoms with Crippen LogP contribution in [0.15, 0.2) is 60.9 Å². The Bertz CT molecular complexity index is 1390. The quantitative estimate of drug-likeness (QED) is 0.297. The number of benzene rings is 2. The lowest BCUT2D eigenvalue weighted by Crippen LogP contribution is -2.26. The van der Waals surface area contributed by atoms with Crippen molar-refractivity contribution < 1.29 is 9.59 Å². The average Bonchev–Trinajstić information content (AvgIpc) is 3.66. The van der Waals surface area contributed by atoms with Crippen molar-refractivity contribution in [2.24, 2.45) is 0 Å². The summed E-state index contributed by atoms with van der Waals surface area (Å²) in [6.07, 6.45) is 4.40. The minimum absolute atomic E-state index is 0.0755. The molecule has 5 rings (SSSR count). The predicted octanol–water partition coefficient (Wildman–Crippen LogP) is 5.53. The van der Waals surface area contributed by atoms with E-state index in [2.05, 4.69) is 25.9 Å². The van der Waals surface area contributed by atoms with E-state index in [-0.39, 0.29) is 17.9 Å². The maximum Gasteiger partial charge on any atom is 0.268 e. The number of carbonyl (C=O) groups excluding carboxylic acids is 2. The van der Waals surface area contributed by atoms with Crippen molar-refractivity contribution >= 4 is 34.4 Å². The van der Waals surface area contributed by atoms with Crippen molar-refractivity contribution in [1.82, 2.24) is 25.2 Å². The molecular formula is C29H34N6O2.